The quantitative estimate of drug-likeness (QED) is 0.432. The van der Waals surface area contributed by atoms with Crippen LogP contribution in [-0.2, 0) is 21.8 Å². The van der Waals surface area contributed by atoms with Crippen LogP contribution in [0, 0.1) is 0 Å². The molecule has 1 atom stereocenters. The minimum Gasteiger partial charge on any atom is -0.352 e. The Bertz CT molecular complexity index is 887. The fraction of sp³-hybridized carbons (Fsp3) is 0.481. The Morgan fingerprint density at radius 2 is 1.79 bits per heavy atom. The van der Waals surface area contributed by atoms with Gasteiger partial charge < -0.3 is 10.2 Å². The van der Waals surface area contributed by atoms with Crippen molar-refractivity contribution < 1.29 is 9.59 Å². The second-order valence-electron chi connectivity index (χ2n) is 8.71. The second-order valence-corrected chi connectivity index (χ2v) is 10.1. The Hall–Kier alpha value is -1.98. The standard InChI is InChI=1S/C27H35ClN2O2S/c1-2-25(27(32)29-24-14-7-4-8-15-24)30(17-16-21-10-5-3-6-11-21)26(31)20-33-19-22-12-9-13-23(28)18-22/h3,5-6,9-13,18,24-25H,2,4,7-8,14-17,19-20H2,1H3,(H,29,32)/t25-/m0/s1. The predicted octanol–water partition coefficient (Wildman–Crippen LogP) is 5.87. The van der Waals surface area contributed by atoms with Crippen molar-refractivity contribution in [2.75, 3.05) is 12.3 Å². The predicted molar refractivity (Wildman–Crippen MR) is 139 cm³/mol. The van der Waals surface area contributed by atoms with Crippen molar-refractivity contribution >= 4 is 35.2 Å². The molecule has 0 radical (unpaired) electrons. The summed E-state index contributed by atoms with van der Waals surface area (Å²) in [5.74, 6) is 1.06. The lowest BCUT2D eigenvalue weighted by Crippen LogP contribution is -2.52. The minimum atomic E-state index is -0.435. The molecular formula is C27H35ClN2O2S. The maximum atomic E-state index is 13.3. The molecule has 0 bridgehead atoms. The van der Waals surface area contributed by atoms with Gasteiger partial charge in [-0.2, -0.15) is 0 Å². The van der Waals surface area contributed by atoms with Crippen LogP contribution in [0.15, 0.2) is 54.6 Å². The fourth-order valence-electron chi connectivity index (χ4n) is 4.41. The molecule has 3 rings (SSSR count). The molecule has 0 saturated heterocycles. The van der Waals surface area contributed by atoms with Crippen LogP contribution >= 0.6 is 23.4 Å². The first-order valence-electron chi connectivity index (χ1n) is 12.0. The third-order valence-electron chi connectivity index (χ3n) is 6.20. The van der Waals surface area contributed by atoms with Gasteiger partial charge >= 0.3 is 0 Å². The van der Waals surface area contributed by atoms with Crippen LogP contribution in [0.25, 0.3) is 0 Å². The van der Waals surface area contributed by atoms with Gasteiger partial charge in [-0.15, -0.1) is 11.8 Å². The topological polar surface area (TPSA) is 49.4 Å². The second kappa shape index (κ2) is 13.7. The zero-order valence-electron chi connectivity index (χ0n) is 19.5. The minimum absolute atomic E-state index is 0.00865. The summed E-state index contributed by atoms with van der Waals surface area (Å²) in [6.45, 7) is 2.53. The number of nitrogens with zero attached hydrogens (tertiary/aromatic N) is 1. The summed E-state index contributed by atoms with van der Waals surface area (Å²) in [5.41, 5.74) is 2.27. The van der Waals surface area contributed by atoms with Crippen LogP contribution in [0.1, 0.15) is 56.6 Å². The Labute approximate surface area is 207 Å². The Morgan fingerprint density at radius 3 is 2.48 bits per heavy atom. The smallest absolute Gasteiger partial charge is 0.243 e. The maximum Gasteiger partial charge on any atom is 0.243 e. The van der Waals surface area contributed by atoms with Crippen LogP contribution in [0.3, 0.4) is 0 Å². The average molecular weight is 487 g/mol. The molecule has 1 saturated carbocycles. The van der Waals surface area contributed by atoms with E-state index in [2.05, 4.69) is 17.4 Å². The van der Waals surface area contributed by atoms with Crippen molar-refractivity contribution in [2.24, 2.45) is 0 Å². The number of rotatable bonds is 11. The number of carbonyl (C=O) groups is 2. The molecule has 2 aromatic carbocycles. The van der Waals surface area contributed by atoms with Crippen LogP contribution in [0.5, 0.6) is 0 Å². The zero-order chi connectivity index (χ0) is 23.5. The summed E-state index contributed by atoms with van der Waals surface area (Å²) in [6, 6.07) is 17.7. The van der Waals surface area contributed by atoms with Crippen LogP contribution in [-0.4, -0.2) is 41.1 Å². The van der Waals surface area contributed by atoms with E-state index in [0.717, 1.165) is 24.8 Å². The molecular weight excluding hydrogens is 452 g/mol. The third-order valence-corrected chi connectivity index (χ3v) is 7.43. The molecule has 33 heavy (non-hydrogen) atoms. The van der Waals surface area contributed by atoms with E-state index in [0.29, 0.717) is 29.5 Å². The molecule has 0 unspecified atom stereocenters. The van der Waals surface area contributed by atoms with Gasteiger partial charge in [-0.1, -0.05) is 80.3 Å². The Balaban J connectivity index is 1.64. The van der Waals surface area contributed by atoms with Gasteiger partial charge in [0.1, 0.15) is 6.04 Å². The summed E-state index contributed by atoms with van der Waals surface area (Å²) in [4.78, 5) is 28.3. The van der Waals surface area contributed by atoms with Gasteiger partial charge in [-0.05, 0) is 48.9 Å². The summed E-state index contributed by atoms with van der Waals surface area (Å²) in [5, 5.41) is 3.94. The number of halogens is 1. The highest BCUT2D eigenvalue weighted by Gasteiger charge is 2.29. The summed E-state index contributed by atoms with van der Waals surface area (Å²) in [7, 11) is 0. The van der Waals surface area contributed by atoms with Gasteiger partial charge in [0.2, 0.25) is 11.8 Å². The van der Waals surface area contributed by atoms with E-state index in [4.69, 9.17) is 11.6 Å². The number of hydrogen-bond donors (Lipinski definition) is 1. The van der Waals surface area contributed by atoms with E-state index >= 15 is 0 Å². The van der Waals surface area contributed by atoms with Gasteiger partial charge in [0.25, 0.3) is 0 Å². The zero-order valence-corrected chi connectivity index (χ0v) is 21.0. The number of benzene rings is 2. The lowest BCUT2D eigenvalue weighted by molar-refractivity contribution is -0.139. The molecule has 2 amide bonds. The van der Waals surface area contributed by atoms with Crippen LogP contribution in [0.4, 0.5) is 0 Å². The number of amides is 2. The molecule has 0 aromatic heterocycles. The van der Waals surface area contributed by atoms with Crippen molar-refractivity contribution in [3.8, 4) is 0 Å². The normalized spacial score (nSPS) is 15.1. The number of carbonyl (C=O) groups excluding carboxylic acids is 2. The van der Waals surface area contributed by atoms with E-state index < -0.39 is 6.04 Å². The molecule has 1 aliphatic carbocycles. The van der Waals surface area contributed by atoms with Gasteiger partial charge in [-0.25, -0.2) is 0 Å². The van der Waals surface area contributed by atoms with E-state index in [-0.39, 0.29) is 17.9 Å². The van der Waals surface area contributed by atoms with Crippen LogP contribution < -0.4 is 5.32 Å². The molecule has 2 aromatic rings. The molecule has 1 fully saturated rings. The van der Waals surface area contributed by atoms with Gasteiger partial charge in [0, 0.05) is 23.4 Å². The fourth-order valence-corrected chi connectivity index (χ4v) is 5.48. The Kier molecular flexibility index (Phi) is 10.6. The van der Waals surface area contributed by atoms with Crippen LogP contribution in [0.2, 0.25) is 5.02 Å². The lowest BCUT2D eigenvalue weighted by atomic mass is 9.95. The summed E-state index contributed by atoms with van der Waals surface area (Å²) >= 11 is 7.65. The van der Waals surface area contributed by atoms with Gasteiger partial charge in [0.15, 0.2) is 0 Å². The number of hydrogen-bond acceptors (Lipinski definition) is 3. The molecule has 4 nitrogen and oxygen atoms in total. The van der Waals surface area contributed by atoms with Gasteiger partial charge in [-0.3, -0.25) is 9.59 Å². The van der Waals surface area contributed by atoms with Gasteiger partial charge in [0.05, 0.1) is 5.75 Å². The third kappa shape index (κ3) is 8.38. The highest BCUT2D eigenvalue weighted by atomic mass is 35.5. The molecule has 1 aliphatic rings. The molecule has 0 heterocycles. The molecule has 6 heteroatoms. The highest BCUT2D eigenvalue weighted by Crippen LogP contribution is 2.20. The number of thioether (sulfide) groups is 1. The monoisotopic (exact) mass is 486 g/mol. The van der Waals surface area contributed by atoms with Crippen molar-refractivity contribution in [1.82, 2.24) is 10.2 Å². The Morgan fingerprint density at radius 1 is 1.06 bits per heavy atom. The van der Waals surface area contributed by atoms with E-state index in [1.807, 2.05) is 49.4 Å². The maximum absolute atomic E-state index is 13.3. The van der Waals surface area contributed by atoms with Crippen molar-refractivity contribution in [2.45, 2.75) is 69.7 Å². The molecule has 0 aliphatic heterocycles. The summed E-state index contributed by atoms with van der Waals surface area (Å²) in [6.07, 6.45) is 6.99. The molecule has 0 spiro atoms. The van der Waals surface area contributed by atoms with E-state index in [1.165, 1.54) is 24.8 Å². The number of nitrogens with one attached hydrogen (secondary N) is 1. The first kappa shape index (κ1) is 25.6. The van der Waals surface area contributed by atoms with Crippen molar-refractivity contribution in [3.63, 3.8) is 0 Å². The van der Waals surface area contributed by atoms with Crippen molar-refractivity contribution in [3.05, 3.63) is 70.7 Å². The largest absolute Gasteiger partial charge is 0.352 e. The lowest BCUT2D eigenvalue weighted by Gasteiger charge is -2.32. The first-order chi connectivity index (χ1) is 16.1. The first-order valence-corrected chi connectivity index (χ1v) is 13.6. The molecule has 178 valence electrons. The summed E-state index contributed by atoms with van der Waals surface area (Å²) < 4.78 is 0. The SMILES string of the molecule is CC[C@@H](C(=O)NC1CCCCC1)N(CCc1ccccc1)C(=O)CSCc1cccc(Cl)c1. The van der Waals surface area contributed by atoms with E-state index in [1.54, 1.807) is 16.7 Å². The molecule has 1 N–H and O–H groups in total. The van der Waals surface area contributed by atoms with E-state index in [9.17, 15) is 9.59 Å². The average Bonchev–Trinajstić information content (AvgIpc) is 2.83. The highest BCUT2D eigenvalue weighted by molar-refractivity contribution is 7.99. The van der Waals surface area contributed by atoms with Crippen molar-refractivity contribution in [1.29, 1.82) is 0 Å².